The van der Waals surface area contributed by atoms with Crippen molar-refractivity contribution in [3.05, 3.63) is 35.8 Å². The second kappa shape index (κ2) is 6.11. The fourth-order valence-electron chi connectivity index (χ4n) is 2.31. The van der Waals surface area contributed by atoms with Gasteiger partial charge < -0.3 is 10.1 Å². The summed E-state index contributed by atoms with van der Waals surface area (Å²) in [4.78, 5) is 0. The van der Waals surface area contributed by atoms with Crippen LogP contribution in [0.1, 0.15) is 30.0 Å². The largest absolute Gasteiger partial charge is 0.383 e. The van der Waals surface area contributed by atoms with Crippen LogP contribution in [0.3, 0.4) is 0 Å². The predicted molar refractivity (Wildman–Crippen MR) is 74.7 cm³/mol. The lowest BCUT2D eigenvalue weighted by Crippen LogP contribution is -2.19. The summed E-state index contributed by atoms with van der Waals surface area (Å²) < 4.78 is 6.97. The molecule has 6 heteroatoms. The molecule has 106 valence electrons. The average molecular weight is 273 g/mol. The number of ether oxygens (including phenoxy) is 1. The monoisotopic (exact) mass is 273 g/mol. The van der Waals surface area contributed by atoms with E-state index in [4.69, 9.17) is 4.74 Å². The first-order valence-electron chi connectivity index (χ1n) is 6.94. The van der Waals surface area contributed by atoms with Crippen molar-refractivity contribution in [2.24, 2.45) is 0 Å². The smallest absolute Gasteiger partial charge is 0.175 e. The van der Waals surface area contributed by atoms with E-state index in [0.717, 1.165) is 25.5 Å². The van der Waals surface area contributed by atoms with Gasteiger partial charge in [-0.05, 0) is 25.0 Å². The fraction of sp³-hybridized carbons (Fsp3) is 0.500. The first-order valence-corrected chi connectivity index (χ1v) is 6.94. The molecule has 0 aromatic carbocycles. The molecule has 0 atom stereocenters. The second-order valence-electron chi connectivity index (χ2n) is 4.99. The molecular formula is C14H19N5O. The van der Waals surface area contributed by atoms with Crippen LogP contribution >= 0.6 is 0 Å². The molecule has 1 aliphatic rings. The van der Waals surface area contributed by atoms with E-state index in [9.17, 15) is 0 Å². The maximum Gasteiger partial charge on any atom is 0.175 e. The summed E-state index contributed by atoms with van der Waals surface area (Å²) in [6.45, 7) is 2.38. The molecule has 6 nitrogen and oxygen atoms in total. The van der Waals surface area contributed by atoms with Crippen LogP contribution in [-0.4, -0.2) is 40.2 Å². The summed E-state index contributed by atoms with van der Waals surface area (Å²) in [5, 5.41) is 16.0. The molecule has 0 spiro atoms. The van der Waals surface area contributed by atoms with Gasteiger partial charge in [0.2, 0.25) is 0 Å². The SMILES string of the molecule is COCCNCc1cnn(-c2cccnn2)c1C1CC1. The minimum Gasteiger partial charge on any atom is -0.383 e. The Balaban J connectivity index is 1.80. The van der Waals surface area contributed by atoms with Crippen LogP contribution in [0.5, 0.6) is 0 Å². The van der Waals surface area contributed by atoms with Crippen LogP contribution in [-0.2, 0) is 11.3 Å². The third-order valence-corrected chi connectivity index (χ3v) is 3.42. The first-order chi connectivity index (χ1) is 9.90. The molecule has 0 unspecified atom stereocenters. The highest BCUT2D eigenvalue weighted by Crippen LogP contribution is 2.42. The van der Waals surface area contributed by atoms with Crippen LogP contribution < -0.4 is 5.32 Å². The number of hydrogen-bond donors (Lipinski definition) is 1. The Labute approximate surface area is 118 Å². The standard InChI is InChI=1S/C14H19N5O/c1-20-8-7-15-9-12-10-17-19(14(12)11-4-5-11)13-3-2-6-16-18-13/h2-3,6,10-11,15H,4-5,7-9H2,1H3. The second-order valence-corrected chi connectivity index (χ2v) is 4.99. The molecule has 1 aliphatic carbocycles. The number of hydrogen-bond acceptors (Lipinski definition) is 5. The van der Waals surface area contributed by atoms with Crippen LogP contribution in [0.25, 0.3) is 5.82 Å². The van der Waals surface area contributed by atoms with Gasteiger partial charge in [0.15, 0.2) is 5.82 Å². The van der Waals surface area contributed by atoms with E-state index in [-0.39, 0.29) is 0 Å². The summed E-state index contributed by atoms with van der Waals surface area (Å²) in [6.07, 6.45) is 6.08. The third-order valence-electron chi connectivity index (χ3n) is 3.42. The van der Waals surface area contributed by atoms with Gasteiger partial charge in [0.05, 0.1) is 18.5 Å². The summed E-state index contributed by atoms with van der Waals surface area (Å²) >= 11 is 0. The molecule has 1 N–H and O–H groups in total. The van der Waals surface area contributed by atoms with Crippen molar-refractivity contribution in [2.45, 2.75) is 25.3 Å². The maximum atomic E-state index is 5.04. The van der Waals surface area contributed by atoms with E-state index in [1.165, 1.54) is 24.1 Å². The molecule has 3 rings (SSSR count). The Morgan fingerprint density at radius 1 is 1.45 bits per heavy atom. The lowest BCUT2D eigenvalue weighted by molar-refractivity contribution is 0.199. The molecular weight excluding hydrogens is 254 g/mol. The van der Waals surface area contributed by atoms with Crippen molar-refractivity contribution in [2.75, 3.05) is 20.3 Å². The molecule has 0 aliphatic heterocycles. The summed E-state index contributed by atoms with van der Waals surface area (Å²) in [5.74, 6) is 1.40. The molecule has 20 heavy (non-hydrogen) atoms. The van der Waals surface area contributed by atoms with Crippen LogP contribution in [0.2, 0.25) is 0 Å². The van der Waals surface area contributed by atoms with Crippen LogP contribution in [0, 0.1) is 0 Å². The van der Waals surface area contributed by atoms with Gasteiger partial charge in [-0.2, -0.15) is 10.2 Å². The third kappa shape index (κ3) is 2.86. The van der Waals surface area contributed by atoms with Gasteiger partial charge in [0, 0.05) is 37.9 Å². The number of nitrogens with zero attached hydrogens (tertiary/aromatic N) is 4. The van der Waals surface area contributed by atoms with Crippen molar-refractivity contribution < 1.29 is 4.74 Å². The highest BCUT2D eigenvalue weighted by Gasteiger charge is 2.30. The van der Waals surface area contributed by atoms with Crippen LogP contribution in [0.15, 0.2) is 24.5 Å². The quantitative estimate of drug-likeness (QED) is 0.770. The van der Waals surface area contributed by atoms with Gasteiger partial charge in [-0.25, -0.2) is 4.68 Å². The lowest BCUT2D eigenvalue weighted by atomic mass is 10.1. The van der Waals surface area contributed by atoms with Crippen molar-refractivity contribution in [3.63, 3.8) is 0 Å². The van der Waals surface area contributed by atoms with Crippen molar-refractivity contribution in [3.8, 4) is 5.82 Å². The molecule has 2 aromatic heterocycles. The predicted octanol–water partition coefficient (Wildman–Crippen LogP) is 1.28. The van der Waals surface area contributed by atoms with E-state index in [0.29, 0.717) is 5.92 Å². The summed E-state index contributed by atoms with van der Waals surface area (Å²) in [5.41, 5.74) is 2.52. The van der Waals surface area contributed by atoms with Gasteiger partial charge in [-0.3, -0.25) is 0 Å². The maximum absolute atomic E-state index is 5.04. The lowest BCUT2D eigenvalue weighted by Gasteiger charge is -2.08. The zero-order valence-electron chi connectivity index (χ0n) is 11.6. The molecule has 0 amide bonds. The van der Waals surface area contributed by atoms with Crippen LogP contribution in [0.4, 0.5) is 0 Å². The van der Waals surface area contributed by atoms with Gasteiger partial charge in [0.1, 0.15) is 0 Å². The summed E-state index contributed by atoms with van der Waals surface area (Å²) in [6, 6.07) is 3.82. The fourth-order valence-corrected chi connectivity index (χ4v) is 2.31. The number of nitrogens with one attached hydrogen (secondary N) is 1. The van der Waals surface area contributed by atoms with Gasteiger partial charge in [-0.15, -0.1) is 5.10 Å². The van der Waals surface area contributed by atoms with Crippen molar-refractivity contribution >= 4 is 0 Å². The highest BCUT2D eigenvalue weighted by atomic mass is 16.5. The molecule has 1 saturated carbocycles. The van der Waals surface area contributed by atoms with E-state index >= 15 is 0 Å². The molecule has 2 heterocycles. The zero-order chi connectivity index (χ0) is 13.8. The number of rotatable bonds is 7. The van der Waals surface area contributed by atoms with E-state index < -0.39 is 0 Å². The Morgan fingerprint density at radius 2 is 2.35 bits per heavy atom. The van der Waals surface area contributed by atoms with Crippen molar-refractivity contribution in [1.29, 1.82) is 0 Å². The average Bonchev–Trinajstić information content (AvgIpc) is 3.25. The Kier molecular flexibility index (Phi) is 4.03. The Morgan fingerprint density at radius 3 is 3.05 bits per heavy atom. The normalized spacial score (nSPS) is 14.7. The molecule has 2 aromatic rings. The van der Waals surface area contributed by atoms with E-state index in [1.807, 2.05) is 23.0 Å². The van der Waals surface area contributed by atoms with Gasteiger partial charge >= 0.3 is 0 Å². The van der Waals surface area contributed by atoms with E-state index in [1.54, 1.807) is 13.3 Å². The summed E-state index contributed by atoms with van der Waals surface area (Å²) in [7, 11) is 1.71. The Bertz CT molecular complexity index is 550. The number of aromatic nitrogens is 4. The topological polar surface area (TPSA) is 64.9 Å². The minimum absolute atomic E-state index is 0.610. The zero-order valence-corrected chi connectivity index (χ0v) is 11.6. The first kappa shape index (κ1) is 13.2. The molecule has 0 bridgehead atoms. The van der Waals surface area contributed by atoms with Gasteiger partial charge in [0.25, 0.3) is 0 Å². The molecule has 0 radical (unpaired) electrons. The Hall–Kier alpha value is -1.79. The number of methoxy groups -OCH3 is 1. The molecule has 1 fully saturated rings. The highest BCUT2D eigenvalue weighted by molar-refractivity contribution is 5.32. The molecule has 0 saturated heterocycles. The minimum atomic E-state index is 0.610. The van der Waals surface area contributed by atoms with Gasteiger partial charge in [-0.1, -0.05) is 0 Å². The van der Waals surface area contributed by atoms with E-state index in [2.05, 4.69) is 20.6 Å². The van der Waals surface area contributed by atoms with Crippen molar-refractivity contribution in [1.82, 2.24) is 25.3 Å².